The van der Waals surface area contributed by atoms with Crippen LogP contribution in [0.4, 0.5) is 0 Å². The molecule has 0 heterocycles. The van der Waals surface area contributed by atoms with E-state index in [1.807, 2.05) is 19.1 Å². The predicted octanol–water partition coefficient (Wildman–Crippen LogP) is 1.86. The number of benzene rings is 1. The van der Waals surface area contributed by atoms with Crippen LogP contribution in [0.2, 0.25) is 0 Å². The zero-order valence-electron chi connectivity index (χ0n) is 15.8. The molecule has 0 unspecified atom stereocenters. The summed E-state index contributed by atoms with van der Waals surface area (Å²) < 4.78 is 10.4. The van der Waals surface area contributed by atoms with E-state index in [-0.39, 0.29) is 6.54 Å². The van der Waals surface area contributed by atoms with Gasteiger partial charge in [-0.05, 0) is 24.6 Å². The van der Waals surface area contributed by atoms with Crippen LogP contribution in [0.25, 0.3) is 0 Å². The second kappa shape index (κ2) is 11.7. The first-order valence-electron chi connectivity index (χ1n) is 8.44. The fourth-order valence-electron chi connectivity index (χ4n) is 2.16. The van der Waals surface area contributed by atoms with Crippen LogP contribution in [-0.2, 0) is 16.1 Å². The highest BCUT2D eigenvalue weighted by atomic mass is 16.5. The Morgan fingerprint density at radius 3 is 2.50 bits per heavy atom. The Morgan fingerprint density at radius 2 is 1.88 bits per heavy atom. The number of ether oxygens (including phenoxy) is 2. The largest absolute Gasteiger partial charge is 0.497 e. The number of rotatable bonds is 9. The number of allylic oxidation sites excluding steroid dienone is 2. The average Bonchev–Trinajstić information content (AvgIpc) is 2.68. The van der Waals surface area contributed by atoms with E-state index in [4.69, 9.17) is 9.47 Å². The summed E-state index contributed by atoms with van der Waals surface area (Å²) in [7, 11) is 4.80. The number of nitrogens with zero attached hydrogens (tertiary/aromatic N) is 1. The molecule has 142 valence electrons. The minimum absolute atomic E-state index is 0.181. The van der Waals surface area contributed by atoms with Crippen molar-refractivity contribution in [2.45, 2.75) is 26.3 Å². The average molecular weight is 361 g/mol. The molecule has 1 aromatic carbocycles. The molecule has 7 heteroatoms. The fraction of sp³-hybridized carbons (Fsp3) is 0.421. The molecule has 0 aliphatic rings. The maximum atomic E-state index is 11.9. The topological polar surface area (TPSA) is 89.0 Å². The van der Waals surface area contributed by atoms with Crippen molar-refractivity contribution in [2.75, 3.05) is 27.8 Å². The third kappa shape index (κ3) is 6.96. The van der Waals surface area contributed by atoms with Crippen molar-refractivity contribution in [3.8, 4) is 11.5 Å². The van der Waals surface area contributed by atoms with Crippen LogP contribution in [0, 0.1) is 0 Å². The molecular weight excluding hydrogens is 334 g/mol. The summed E-state index contributed by atoms with van der Waals surface area (Å²) in [6.45, 7) is 2.56. The molecule has 0 bridgehead atoms. The molecule has 0 fully saturated rings. The maximum Gasteiger partial charge on any atom is 0.309 e. The van der Waals surface area contributed by atoms with Gasteiger partial charge in [-0.3, -0.25) is 14.6 Å². The molecule has 0 radical (unpaired) electrons. The summed E-state index contributed by atoms with van der Waals surface area (Å²) in [6.07, 6.45) is 5.40. The van der Waals surface area contributed by atoms with Gasteiger partial charge in [-0.2, -0.15) is 0 Å². The zero-order valence-corrected chi connectivity index (χ0v) is 15.8. The summed E-state index contributed by atoms with van der Waals surface area (Å²) in [4.78, 5) is 27.9. The summed E-state index contributed by atoms with van der Waals surface area (Å²) in [5.74, 6) is -0.133. The van der Waals surface area contributed by atoms with Crippen LogP contribution >= 0.6 is 0 Å². The highest BCUT2D eigenvalue weighted by Crippen LogP contribution is 2.24. The van der Waals surface area contributed by atoms with E-state index in [2.05, 4.69) is 15.6 Å². The second-order valence-electron chi connectivity index (χ2n) is 5.39. The molecule has 0 aliphatic heterocycles. The number of carbonyl (C=O) groups is 2. The SMILES string of the molecule is CC/C=C\C(CCNC(=O)C(=O)NCc1ccc(OC)cc1OC)=NC. The minimum Gasteiger partial charge on any atom is -0.497 e. The lowest BCUT2D eigenvalue weighted by Crippen LogP contribution is -2.40. The monoisotopic (exact) mass is 361 g/mol. The zero-order chi connectivity index (χ0) is 19.4. The lowest BCUT2D eigenvalue weighted by Gasteiger charge is -2.11. The summed E-state index contributed by atoms with van der Waals surface area (Å²) >= 11 is 0. The molecule has 0 spiro atoms. The molecule has 0 saturated heterocycles. The van der Waals surface area contributed by atoms with Gasteiger partial charge in [-0.15, -0.1) is 0 Å². The van der Waals surface area contributed by atoms with Gasteiger partial charge in [-0.1, -0.05) is 13.0 Å². The molecule has 26 heavy (non-hydrogen) atoms. The van der Waals surface area contributed by atoms with Crippen LogP contribution in [-0.4, -0.2) is 45.3 Å². The third-order valence-corrected chi connectivity index (χ3v) is 3.64. The Kier molecular flexibility index (Phi) is 9.53. The van der Waals surface area contributed by atoms with Crippen molar-refractivity contribution < 1.29 is 19.1 Å². The van der Waals surface area contributed by atoms with E-state index in [0.717, 1.165) is 17.7 Å². The Morgan fingerprint density at radius 1 is 1.15 bits per heavy atom. The van der Waals surface area contributed by atoms with Gasteiger partial charge in [0, 0.05) is 43.9 Å². The molecule has 0 aromatic heterocycles. The van der Waals surface area contributed by atoms with Gasteiger partial charge >= 0.3 is 11.8 Å². The molecule has 1 rings (SSSR count). The number of hydrogen-bond donors (Lipinski definition) is 2. The lowest BCUT2D eigenvalue weighted by molar-refractivity contribution is -0.139. The quantitative estimate of drug-likeness (QED) is 0.519. The maximum absolute atomic E-state index is 11.9. The smallest absolute Gasteiger partial charge is 0.309 e. The van der Waals surface area contributed by atoms with E-state index in [0.29, 0.717) is 24.5 Å². The van der Waals surface area contributed by atoms with Gasteiger partial charge < -0.3 is 20.1 Å². The molecule has 2 amide bonds. The highest BCUT2D eigenvalue weighted by molar-refractivity contribution is 6.35. The standard InChI is InChI=1S/C19H27N3O4/c1-5-6-7-15(20-2)10-11-21-18(23)19(24)22-13-14-8-9-16(25-3)12-17(14)26-4/h6-9,12H,5,10-11,13H2,1-4H3,(H,21,23)(H,22,24)/b7-6-,20-15?. The molecule has 2 N–H and O–H groups in total. The number of hydrogen-bond acceptors (Lipinski definition) is 5. The third-order valence-electron chi connectivity index (χ3n) is 3.64. The molecule has 0 saturated carbocycles. The van der Waals surface area contributed by atoms with Crippen LogP contribution in [0.15, 0.2) is 35.3 Å². The number of nitrogens with one attached hydrogen (secondary N) is 2. The first kappa shape index (κ1) is 21.2. The normalized spacial score (nSPS) is 11.3. The Bertz CT molecular complexity index is 669. The summed E-state index contributed by atoms with van der Waals surface area (Å²) in [6, 6.07) is 5.26. The number of carbonyl (C=O) groups excluding carboxylic acids is 2. The van der Waals surface area contributed by atoms with Crippen molar-refractivity contribution in [3.05, 3.63) is 35.9 Å². The Hall–Kier alpha value is -2.83. The second-order valence-corrected chi connectivity index (χ2v) is 5.39. The Labute approximate surface area is 154 Å². The van der Waals surface area contributed by atoms with E-state index < -0.39 is 11.8 Å². The van der Waals surface area contributed by atoms with Crippen molar-refractivity contribution in [1.29, 1.82) is 0 Å². The predicted molar refractivity (Wildman–Crippen MR) is 102 cm³/mol. The van der Waals surface area contributed by atoms with Crippen LogP contribution in [0.5, 0.6) is 11.5 Å². The van der Waals surface area contributed by atoms with Gasteiger partial charge in [0.2, 0.25) is 0 Å². The van der Waals surface area contributed by atoms with Crippen molar-refractivity contribution in [1.82, 2.24) is 10.6 Å². The molecule has 0 aliphatic carbocycles. The fourth-order valence-corrected chi connectivity index (χ4v) is 2.16. The van der Waals surface area contributed by atoms with Crippen LogP contribution in [0.1, 0.15) is 25.3 Å². The van der Waals surface area contributed by atoms with Crippen LogP contribution in [0.3, 0.4) is 0 Å². The van der Waals surface area contributed by atoms with E-state index >= 15 is 0 Å². The first-order valence-corrected chi connectivity index (χ1v) is 8.44. The van der Waals surface area contributed by atoms with Gasteiger partial charge in [-0.25, -0.2) is 0 Å². The molecular formula is C19H27N3O4. The Balaban J connectivity index is 2.48. The summed E-state index contributed by atoms with van der Waals surface area (Å²) in [5.41, 5.74) is 1.62. The van der Waals surface area contributed by atoms with Gasteiger partial charge in [0.15, 0.2) is 0 Å². The highest BCUT2D eigenvalue weighted by Gasteiger charge is 2.14. The first-order chi connectivity index (χ1) is 12.5. The van der Waals surface area contributed by atoms with Gasteiger partial charge in [0.05, 0.1) is 14.2 Å². The van der Waals surface area contributed by atoms with Crippen LogP contribution < -0.4 is 20.1 Å². The van der Waals surface area contributed by atoms with Crippen molar-refractivity contribution in [2.24, 2.45) is 4.99 Å². The van der Waals surface area contributed by atoms with Crippen molar-refractivity contribution >= 4 is 17.5 Å². The van der Waals surface area contributed by atoms with Gasteiger partial charge in [0.1, 0.15) is 11.5 Å². The van der Waals surface area contributed by atoms with E-state index in [1.54, 1.807) is 32.4 Å². The lowest BCUT2D eigenvalue weighted by atomic mass is 10.2. The van der Waals surface area contributed by atoms with Gasteiger partial charge in [0.25, 0.3) is 0 Å². The number of methoxy groups -OCH3 is 2. The molecule has 1 aromatic rings. The molecule has 0 atom stereocenters. The van der Waals surface area contributed by atoms with E-state index in [1.165, 1.54) is 7.11 Å². The number of aliphatic imine (C=N–C) groups is 1. The van der Waals surface area contributed by atoms with Crippen molar-refractivity contribution in [3.63, 3.8) is 0 Å². The summed E-state index contributed by atoms with van der Waals surface area (Å²) in [5, 5.41) is 5.17. The number of amides is 2. The van der Waals surface area contributed by atoms with E-state index in [9.17, 15) is 9.59 Å². The minimum atomic E-state index is -0.693. The molecule has 7 nitrogen and oxygen atoms in total.